The van der Waals surface area contributed by atoms with Crippen molar-refractivity contribution in [2.45, 2.75) is 56.7 Å². The van der Waals surface area contributed by atoms with Gasteiger partial charge in [-0.25, -0.2) is 22.5 Å². The Kier molecular flexibility index (Phi) is 9.73. The number of rotatable bonds is 12. The quantitative estimate of drug-likeness (QED) is 0.0761. The summed E-state index contributed by atoms with van der Waals surface area (Å²) in [6, 6.07) is 7.28. The predicted molar refractivity (Wildman–Crippen MR) is 201 cm³/mol. The highest BCUT2D eigenvalue weighted by Gasteiger charge is 2.67. The lowest BCUT2D eigenvalue weighted by molar-refractivity contribution is -0.123. The number of carbonyl (C=O) groups excluding carboxylic acids is 3. The van der Waals surface area contributed by atoms with E-state index >= 15 is 8.78 Å². The minimum absolute atomic E-state index is 0.00569. The lowest BCUT2D eigenvalue weighted by Crippen LogP contribution is -2.38. The number of amides is 1. The summed E-state index contributed by atoms with van der Waals surface area (Å²) in [7, 11) is 1.50. The first-order valence-corrected chi connectivity index (χ1v) is 18.8. The fourth-order valence-electron chi connectivity index (χ4n) is 7.79. The van der Waals surface area contributed by atoms with Gasteiger partial charge in [-0.05, 0) is 67.3 Å². The third-order valence-electron chi connectivity index (χ3n) is 10.4. The molecule has 4 atom stereocenters. The summed E-state index contributed by atoms with van der Waals surface area (Å²) in [6.07, 6.45) is -3.23. The molecule has 0 radical (unpaired) electrons. The van der Waals surface area contributed by atoms with Gasteiger partial charge in [0.1, 0.15) is 47.7 Å². The van der Waals surface area contributed by atoms with Gasteiger partial charge in [0.15, 0.2) is 11.6 Å². The maximum Gasteiger partial charge on any atom is 0.293 e. The van der Waals surface area contributed by atoms with Gasteiger partial charge in [-0.1, -0.05) is 27.5 Å². The largest absolute Gasteiger partial charge is 0.352 e. The highest BCUT2D eigenvalue weighted by Crippen LogP contribution is 2.68. The van der Waals surface area contributed by atoms with Crippen molar-refractivity contribution in [1.29, 1.82) is 0 Å². The van der Waals surface area contributed by atoms with Crippen LogP contribution >= 0.6 is 27.5 Å². The minimum atomic E-state index is -3.53. The number of alkyl halides is 4. The molecule has 3 aromatic carbocycles. The van der Waals surface area contributed by atoms with E-state index in [1.807, 2.05) is 0 Å². The second-order valence-corrected chi connectivity index (χ2v) is 15.5. The summed E-state index contributed by atoms with van der Waals surface area (Å²) in [4.78, 5) is 57.4. The van der Waals surface area contributed by atoms with E-state index in [2.05, 4.69) is 36.8 Å². The first-order chi connectivity index (χ1) is 27.5. The zero-order valence-electron chi connectivity index (χ0n) is 30.0. The number of halogens is 8. The van der Waals surface area contributed by atoms with Gasteiger partial charge in [0.2, 0.25) is 5.91 Å². The standard InChI is InChI=1S/C38H28BrClF6N8O4/c1-15(56)26(14-55)48-35-30-23(40)5-6-27(32(30)52(2)51-35)54-36(49-24-10-17(39)3-4-20(24)37(54)58)25(9-16-7-18(41)11-19(42)8-16)47-28(57)13-53-33-29(31(50-53)34(43)44)21-12-22(21)38(33,45)46/h3-8,10-11,14,21-22,25-26,34H,9,12-13H2,1-2H3,(H,47,57)(H,48,51)/t21?,22?,25-,26?/m0/s1. The van der Waals surface area contributed by atoms with E-state index in [1.165, 1.54) is 42.9 Å². The summed E-state index contributed by atoms with van der Waals surface area (Å²) < 4.78 is 91.7. The van der Waals surface area contributed by atoms with E-state index in [0.717, 1.165) is 16.7 Å². The van der Waals surface area contributed by atoms with Crippen molar-refractivity contribution in [2.24, 2.45) is 13.0 Å². The van der Waals surface area contributed by atoms with Crippen LogP contribution in [0.25, 0.3) is 27.5 Å². The van der Waals surface area contributed by atoms with Crippen LogP contribution in [0, 0.1) is 17.6 Å². The van der Waals surface area contributed by atoms with Gasteiger partial charge in [0, 0.05) is 35.5 Å². The molecule has 20 heteroatoms. The number of hydrogen-bond donors (Lipinski definition) is 2. The van der Waals surface area contributed by atoms with E-state index in [-0.39, 0.29) is 61.7 Å². The number of nitrogens with zero attached hydrogens (tertiary/aromatic N) is 6. The summed E-state index contributed by atoms with van der Waals surface area (Å²) in [5, 5.41) is 13.9. The number of Topliss-reactive ketones (excluding diaryl/α,β-unsaturated/α-hetero) is 1. The number of aryl methyl sites for hydroxylation is 1. The number of aromatic nitrogens is 6. The van der Waals surface area contributed by atoms with E-state index in [9.17, 15) is 36.7 Å². The molecule has 0 bridgehead atoms. The molecule has 12 nitrogen and oxygen atoms in total. The average Bonchev–Trinajstić information content (AvgIpc) is 3.68. The average molecular weight is 890 g/mol. The van der Waals surface area contributed by atoms with Crippen molar-refractivity contribution in [2.75, 3.05) is 5.32 Å². The fraction of sp³-hybridized carbons (Fsp3) is 0.289. The highest BCUT2D eigenvalue weighted by atomic mass is 79.9. The van der Waals surface area contributed by atoms with Gasteiger partial charge < -0.3 is 15.4 Å². The summed E-state index contributed by atoms with van der Waals surface area (Å²) in [6.45, 7) is 0.233. The molecule has 6 aromatic rings. The Balaban J connectivity index is 1.31. The van der Waals surface area contributed by atoms with Gasteiger partial charge in [-0.2, -0.15) is 19.0 Å². The first kappa shape index (κ1) is 39.3. The third-order valence-corrected chi connectivity index (χ3v) is 11.2. The topological polar surface area (TPSA) is 146 Å². The van der Waals surface area contributed by atoms with Crippen LogP contribution in [0.1, 0.15) is 60.1 Å². The Hall–Kier alpha value is -5.56. The molecule has 58 heavy (non-hydrogen) atoms. The summed E-state index contributed by atoms with van der Waals surface area (Å²) in [5.74, 6) is -9.23. The molecular weight excluding hydrogens is 862 g/mol. The molecule has 1 fully saturated rings. The molecule has 3 aromatic heterocycles. The van der Waals surface area contributed by atoms with Gasteiger partial charge in [0.05, 0.1) is 38.6 Å². The Labute approximate surface area is 336 Å². The Morgan fingerprint density at radius 3 is 2.48 bits per heavy atom. The monoisotopic (exact) mass is 888 g/mol. The molecule has 2 aliphatic rings. The van der Waals surface area contributed by atoms with Crippen molar-refractivity contribution in [3.8, 4) is 5.69 Å². The molecule has 0 saturated heterocycles. The van der Waals surface area contributed by atoms with Gasteiger partial charge in [-0.15, -0.1) is 0 Å². The molecule has 2 N–H and O–H groups in total. The molecule has 300 valence electrons. The maximum absolute atomic E-state index is 15.4. The molecule has 1 saturated carbocycles. The minimum Gasteiger partial charge on any atom is -0.352 e. The summed E-state index contributed by atoms with van der Waals surface area (Å²) >= 11 is 10.0. The van der Waals surface area contributed by atoms with Crippen LogP contribution in [0.3, 0.4) is 0 Å². The van der Waals surface area contributed by atoms with Crippen LogP contribution in [0.4, 0.5) is 32.2 Å². The molecular formula is C38H28BrClF6N8O4. The van der Waals surface area contributed by atoms with Crippen LogP contribution in [-0.4, -0.2) is 53.1 Å². The number of hydrogen-bond acceptors (Lipinski definition) is 8. The van der Waals surface area contributed by atoms with Crippen molar-refractivity contribution in [1.82, 2.24) is 34.4 Å². The van der Waals surface area contributed by atoms with Crippen molar-refractivity contribution in [3.05, 3.63) is 108 Å². The van der Waals surface area contributed by atoms with Crippen molar-refractivity contribution >= 4 is 73.1 Å². The van der Waals surface area contributed by atoms with Crippen LogP contribution in [0.5, 0.6) is 0 Å². The summed E-state index contributed by atoms with van der Waals surface area (Å²) in [5.41, 5.74) is -2.24. The molecule has 0 aliphatic heterocycles. The second-order valence-electron chi connectivity index (χ2n) is 14.2. The van der Waals surface area contributed by atoms with Crippen LogP contribution < -0.4 is 16.2 Å². The number of anilines is 1. The van der Waals surface area contributed by atoms with E-state index in [1.54, 1.807) is 6.07 Å². The normalized spacial score (nSPS) is 17.6. The van der Waals surface area contributed by atoms with Crippen LogP contribution in [0.2, 0.25) is 5.02 Å². The highest BCUT2D eigenvalue weighted by molar-refractivity contribution is 9.10. The van der Waals surface area contributed by atoms with Gasteiger partial charge in [0.25, 0.3) is 17.9 Å². The molecule has 8 rings (SSSR count). The maximum atomic E-state index is 15.4. The molecule has 1 amide bonds. The van der Waals surface area contributed by atoms with Gasteiger partial charge in [-0.3, -0.25) is 28.3 Å². The van der Waals surface area contributed by atoms with Gasteiger partial charge >= 0.3 is 0 Å². The fourth-order valence-corrected chi connectivity index (χ4v) is 8.38. The van der Waals surface area contributed by atoms with Crippen LogP contribution in [-0.2, 0) is 40.3 Å². The Morgan fingerprint density at radius 2 is 1.81 bits per heavy atom. The zero-order chi connectivity index (χ0) is 41.5. The van der Waals surface area contributed by atoms with Crippen molar-refractivity contribution in [3.63, 3.8) is 0 Å². The zero-order valence-corrected chi connectivity index (χ0v) is 32.4. The number of fused-ring (bicyclic) bond motifs is 5. The first-order valence-electron chi connectivity index (χ1n) is 17.6. The molecule has 3 unspecified atom stereocenters. The lowest BCUT2D eigenvalue weighted by Gasteiger charge is -2.24. The third kappa shape index (κ3) is 6.62. The molecule has 0 spiro atoms. The van der Waals surface area contributed by atoms with E-state index < -0.39 is 89.5 Å². The number of nitrogens with one attached hydrogen (secondary N) is 2. The smallest absolute Gasteiger partial charge is 0.293 e. The molecule has 3 heterocycles. The number of aldehydes is 1. The van der Waals surface area contributed by atoms with E-state index in [0.29, 0.717) is 21.5 Å². The van der Waals surface area contributed by atoms with Crippen LogP contribution in [0.15, 0.2) is 57.8 Å². The Bertz CT molecular complexity index is 2770. The number of ketones is 1. The lowest BCUT2D eigenvalue weighted by atomic mass is 10.0. The van der Waals surface area contributed by atoms with E-state index in [4.69, 9.17) is 16.6 Å². The number of carbonyl (C=O) groups is 3. The second kappa shape index (κ2) is 14.4. The predicted octanol–water partition coefficient (Wildman–Crippen LogP) is 6.98. The SMILES string of the molecule is CC(=O)C(C=O)Nc1nn(C)c2c(-n3c([C@H](Cc4cc(F)cc(F)c4)NC(=O)Cn4nc(C(F)F)c5c4C(F)(F)C4CC54)nc4cc(Br)ccc4c3=O)ccc(Cl)c12. The number of benzene rings is 3. The van der Waals surface area contributed by atoms with Crippen molar-refractivity contribution < 1.29 is 40.7 Å². The molecule has 2 aliphatic carbocycles. The Morgan fingerprint density at radius 1 is 1.09 bits per heavy atom.